The Morgan fingerprint density at radius 2 is 2.13 bits per heavy atom. The number of carbonyl (C=O) groups excluding carboxylic acids is 2. The summed E-state index contributed by atoms with van der Waals surface area (Å²) in [6.07, 6.45) is 1.47. The van der Waals surface area contributed by atoms with Crippen molar-refractivity contribution in [3.63, 3.8) is 0 Å². The van der Waals surface area contributed by atoms with Crippen molar-refractivity contribution in [3.05, 3.63) is 24.3 Å². The maximum absolute atomic E-state index is 12.4. The number of benzene rings is 1. The monoisotopic (exact) mass is 319 g/mol. The van der Waals surface area contributed by atoms with Crippen LogP contribution in [0.2, 0.25) is 0 Å². The number of esters is 1. The Labute approximate surface area is 137 Å². The van der Waals surface area contributed by atoms with Crippen molar-refractivity contribution in [2.45, 2.75) is 45.3 Å². The SMILES string of the molecule is CC(C)(C)OC(=O)[C@H]1CCCN1C(=O)CNc1cccc(N)c1. The van der Waals surface area contributed by atoms with Crippen molar-refractivity contribution >= 4 is 23.3 Å². The lowest BCUT2D eigenvalue weighted by molar-refractivity contribution is -0.162. The summed E-state index contributed by atoms with van der Waals surface area (Å²) >= 11 is 0. The van der Waals surface area contributed by atoms with Crippen molar-refractivity contribution in [2.75, 3.05) is 24.1 Å². The van der Waals surface area contributed by atoms with Crippen molar-refractivity contribution in [2.24, 2.45) is 0 Å². The molecule has 0 aromatic heterocycles. The number of hydrogen-bond donors (Lipinski definition) is 2. The summed E-state index contributed by atoms with van der Waals surface area (Å²) in [7, 11) is 0. The molecule has 0 spiro atoms. The van der Waals surface area contributed by atoms with Gasteiger partial charge in [0.25, 0.3) is 0 Å². The van der Waals surface area contributed by atoms with Gasteiger partial charge >= 0.3 is 5.97 Å². The third kappa shape index (κ3) is 4.87. The number of anilines is 2. The van der Waals surface area contributed by atoms with Crippen LogP contribution in [0.15, 0.2) is 24.3 Å². The Bertz CT molecular complexity index is 581. The van der Waals surface area contributed by atoms with Gasteiger partial charge in [-0.3, -0.25) is 4.79 Å². The van der Waals surface area contributed by atoms with Crippen molar-refractivity contribution in [3.8, 4) is 0 Å². The van der Waals surface area contributed by atoms with E-state index in [1.807, 2.05) is 32.9 Å². The van der Waals surface area contributed by atoms with Crippen LogP contribution in [0.25, 0.3) is 0 Å². The lowest BCUT2D eigenvalue weighted by Crippen LogP contribution is -2.45. The molecular weight excluding hydrogens is 294 g/mol. The third-order valence-corrected chi connectivity index (χ3v) is 3.58. The number of nitrogens with zero attached hydrogens (tertiary/aromatic N) is 1. The van der Waals surface area contributed by atoms with Gasteiger partial charge in [-0.15, -0.1) is 0 Å². The van der Waals surface area contributed by atoms with Gasteiger partial charge in [-0.25, -0.2) is 4.79 Å². The van der Waals surface area contributed by atoms with Crippen LogP contribution >= 0.6 is 0 Å². The minimum atomic E-state index is -0.547. The number of rotatable bonds is 4. The summed E-state index contributed by atoms with van der Waals surface area (Å²) in [6, 6.07) is 6.74. The Kier molecular flexibility index (Phi) is 5.13. The molecule has 1 heterocycles. The highest BCUT2D eigenvalue weighted by atomic mass is 16.6. The van der Waals surface area contributed by atoms with Gasteiger partial charge in [-0.05, 0) is 51.8 Å². The summed E-state index contributed by atoms with van der Waals surface area (Å²) in [5.41, 5.74) is 6.58. The zero-order valence-electron chi connectivity index (χ0n) is 14.0. The number of nitrogen functional groups attached to an aromatic ring is 1. The van der Waals surface area contributed by atoms with E-state index in [-0.39, 0.29) is 18.4 Å². The maximum Gasteiger partial charge on any atom is 0.329 e. The van der Waals surface area contributed by atoms with Crippen molar-refractivity contribution < 1.29 is 14.3 Å². The average molecular weight is 319 g/mol. The summed E-state index contributed by atoms with van der Waals surface area (Å²) in [5, 5.41) is 3.05. The predicted octanol–water partition coefficient (Wildman–Crippen LogP) is 2.01. The summed E-state index contributed by atoms with van der Waals surface area (Å²) < 4.78 is 5.41. The quantitative estimate of drug-likeness (QED) is 0.655. The Hall–Kier alpha value is -2.24. The van der Waals surface area contributed by atoms with Crippen molar-refractivity contribution in [1.29, 1.82) is 0 Å². The average Bonchev–Trinajstić information content (AvgIpc) is 2.92. The molecule has 6 nitrogen and oxygen atoms in total. The Morgan fingerprint density at radius 1 is 1.39 bits per heavy atom. The van der Waals surface area contributed by atoms with E-state index in [2.05, 4.69) is 5.32 Å². The van der Waals surface area contributed by atoms with Crippen molar-refractivity contribution in [1.82, 2.24) is 4.90 Å². The molecule has 0 bridgehead atoms. The lowest BCUT2D eigenvalue weighted by atomic mass is 10.1. The normalized spacial score (nSPS) is 17.9. The van der Waals surface area contributed by atoms with Gasteiger partial charge in [0.15, 0.2) is 0 Å². The van der Waals surface area contributed by atoms with Crippen LogP contribution in [0.1, 0.15) is 33.6 Å². The predicted molar refractivity (Wildman–Crippen MR) is 89.9 cm³/mol. The molecule has 23 heavy (non-hydrogen) atoms. The largest absolute Gasteiger partial charge is 0.458 e. The smallest absolute Gasteiger partial charge is 0.329 e. The Morgan fingerprint density at radius 3 is 2.78 bits per heavy atom. The van der Waals surface area contributed by atoms with Crippen LogP contribution in [-0.4, -0.2) is 41.5 Å². The van der Waals surface area contributed by atoms with Gasteiger partial charge in [-0.2, -0.15) is 0 Å². The molecule has 0 unspecified atom stereocenters. The molecule has 2 rings (SSSR count). The minimum absolute atomic E-state index is 0.110. The fourth-order valence-corrected chi connectivity index (χ4v) is 2.61. The molecule has 1 aromatic carbocycles. The first-order valence-corrected chi connectivity index (χ1v) is 7.88. The van der Waals surface area contributed by atoms with Crippen LogP contribution in [-0.2, 0) is 14.3 Å². The first-order valence-electron chi connectivity index (χ1n) is 7.88. The molecule has 3 N–H and O–H groups in total. The number of nitrogens with one attached hydrogen (secondary N) is 1. The van der Waals surface area contributed by atoms with Gasteiger partial charge in [0.1, 0.15) is 11.6 Å². The number of carbonyl (C=O) groups is 2. The first kappa shape index (κ1) is 17.1. The molecule has 0 aliphatic carbocycles. The lowest BCUT2D eigenvalue weighted by Gasteiger charge is -2.27. The van der Waals surface area contributed by atoms with E-state index in [0.717, 1.165) is 12.1 Å². The van der Waals surface area contributed by atoms with E-state index in [1.54, 1.807) is 17.0 Å². The van der Waals surface area contributed by atoms with Gasteiger partial charge in [0.05, 0.1) is 6.54 Å². The first-order chi connectivity index (χ1) is 10.8. The summed E-state index contributed by atoms with van der Waals surface area (Å²) in [6.45, 7) is 6.19. The van der Waals surface area contributed by atoms with Crippen LogP contribution in [0.4, 0.5) is 11.4 Å². The highest BCUT2D eigenvalue weighted by Gasteiger charge is 2.36. The molecule has 0 saturated carbocycles. The van der Waals surface area contributed by atoms with E-state index < -0.39 is 11.6 Å². The second-order valence-corrected chi connectivity index (χ2v) is 6.76. The van der Waals surface area contributed by atoms with Gasteiger partial charge < -0.3 is 20.7 Å². The van der Waals surface area contributed by atoms with Crippen LogP contribution in [0, 0.1) is 0 Å². The molecule has 1 saturated heterocycles. The second-order valence-electron chi connectivity index (χ2n) is 6.76. The fraction of sp³-hybridized carbons (Fsp3) is 0.529. The van der Waals surface area contributed by atoms with Gasteiger partial charge in [-0.1, -0.05) is 6.07 Å². The molecule has 1 amide bonds. The van der Waals surface area contributed by atoms with Gasteiger partial charge in [0.2, 0.25) is 5.91 Å². The van der Waals surface area contributed by atoms with E-state index in [9.17, 15) is 9.59 Å². The van der Waals surface area contributed by atoms with Crippen LogP contribution in [0.3, 0.4) is 0 Å². The van der Waals surface area contributed by atoms with E-state index in [0.29, 0.717) is 18.7 Å². The topological polar surface area (TPSA) is 84.7 Å². The zero-order chi connectivity index (χ0) is 17.0. The summed E-state index contributed by atoms with van der Waals surface area (Å²) in [4.78, 5) is 26.3. The maximum atomic E-state index is 12.4. The zero-order valence-corrected chi connectivity index (χ0v) is 14.0. The highest BCUT2D eigenvalue weighted by Crippen LogP contribution is 2.21. The van der Waals surface area contributed by atoms with E-state index in [1.165, 1.54) is 0 Å². The van der Waals surface area contributed by atoms with Crippen LogP contribution in [0.5, 0.6) is 0 Å². The molecule has 1 atom stereocenters. The second kappa shape index (κ2) is 6.89. The molecule has 1 aliphatic rings. The molecule has 6 heteroatoms. The molecule has 1 aliphatic heterocycles. The molecule has 126 valence electrons. The molecule has 0 radical (unpaired) electrons. The Balaban J connectivity index is 1.94. The molecule has 1 aromatic rings. The number of hydrogen-bond acceptors (Lipinski definition) is 5. The molecular formula is C17H25N3O3. The van der Waals surface area contributed by atoms with E-state index >= 15 is 0 Å². The van der Waals surface area contributed by atoms with Crippen LogP contribution < -0.4 is 11.1 Å². The number of likely N-dealkylation sites (tertiary alicyclic amines) is 1. The van der Waals surface area contributed by atoms with E-state index in [4.69, 9.17) is 10.5 Å². The molecule has 1 fully saturated rings. The fourth-order valence-electron chi connectivity index (χ4n) is 2.61. The highest BCUT2D eigenvalue weighted by molar-refractivity contribution is 5.87. The van der Waals surface area contributed by atoms with Gasteiger partial charge in [0, 0.05) is 17.9 Å². The third-order valence-electron chi connectivity index (χ3n) is 3.58. The summed E-state index contributed by atoms with van der Waals surface area (Å²) in [5.74, 6) is -0.437. The number of ether oxygens (including phenoxy) is 1. The number of amides is 1. The standard InChI is InChI=1S/C17H25N3O3/c1-17(2,3)23-16(22)14-8-5-9-20(14)15(21)11-19-13-7-4-6-12(18)10-13/h4,6-7,10,14,19H,5,8-9,11,18H2,1-3H3/t14-/m1/s1. The minimum Gasteiger partial charge on any atom is -0.458 e. The number of nitrogens with two attached hydrogens (primary N) is 1.